The Morgan fingerprint density at radius 1 is 1.25 bits per heavy atom. The Labute approximate surface area is 189 Å². The summed E-state index contributed by atoms with van der Waals surface area (Å²) in [5, 5.41) is 6.57. The maximum absolute atomic E-state index is 5.49. The van der Waals surface area contributed by atoms with Crippen LogP contribution in [0.5, 0.6) is 11.5 Å². The number of guanidine groups is 1. The van der Waals surface area contributed by atoms with Gasteiger partial charge in [0.15, 0.2) is 5.96 Å². The summed E-state index contributed by atoms with van der Waals surface area (Å²) < 4.78 is 10.8. The van der Waals surface area contributed by atoms with Crippen LogP contribution in [0.1, 0.15) is 37.0 Å². The minimum Gasteiger partial charge on any atom is -0.497 e. The van der Waals surface area contributed by atoms with Gasteiger partial charge in [0.2, 0.25) is 0 Å². The lowest BCUT2D eigenvalue weighted by Crippen LogP contribution is -2.38. The molecule has 0 atom stereocenters. The molecular formula is C20H31IN4O2S. The van der Waals surface area contributed by atoms with Crippen LogP contribution in [0.2, 0.25) is 0 Å². The van der Waals surface area contributed by atoms with E-state index in [4.69, 9.17) is 14.5 Å². The zero-order valence-corrected chi connectivity index (χ0v) is 20.8. The number of aliphatic imine (C=N–C) groups is 1. The van der Waals surface area contributed by atoms with Gasteiger partial charge in [0.05, 0.1) is 26.5 Å². The van der Waals surface area contributed by atoms with Crippen molar-refractivity contribution in [3.8, 4) is 11.5 Å². The maximum Gasteiger partial charge on any atom is 0.194 e. The molecule has 0 spiro atoms. The van der Waals surface area contributed by atoms with Gasteiger partial charge in [-0.1, -0.05) is 20.8 Å². The number of ether oxygens (including phenoxy) is 2. The van der Waals surface area contributed by atoms with Crippen LogP contribution in [0.15, 0.2) is 28.6 Å². The van der Waals surface area contributed by atoms with Gasteiger partial charge in [0.1, 0.15) is 16.5 Å². The third kappa shape index (κ3) is 6.51. The number of nitrogens with zero attached hydrogens (tertiary/aromatic N) is 3. The van der Waals surface area contributed by atoms with Gasteiger partial charge in [-0.2, -0.15) is 0 Å². The molecule has 0 amide bonds. The number of nitrogens with one attached hydrogen (secondary N) is 1. The van der Waals surface area contributed by atoms with Gasteiger partial charge in [0, 0.05) is 43.1 Å². The second kappa shape index (κ2) is 10.8. The van der Waals surface area contributed by atoms with Gasteiger partial charge in [-0.05, 0) is 12.1 Å². The number of aromatic nitrogens is 1. The van der Waals surface area contributed by atoms with E-state index in [0.29, 0.717) is 13.1 Å². The number of thiazole rings is 1. The van der Waals surface area contributed by atoms with Crippen molar-refractivity contribution in [1.82, 2.24) is 15.2 Å². The van der Waals surface area contributed by atoms with E-state index in [0.717, 1.165) is 33.7 Å². The standard InChI is InChI=1S/C20H30N4O2S.HI/c1-20(2,3)17-13-27-18(23-17)11-22-19(21-4)24(5)12-14-8-9-15(25-6)10-16(14)26-7;/h8-10,13H,11-12H2,1-7H3,(H,21,22);1H. The average molecular weight is 518 g/mol. The first-order valence-corrected chi connectivity index (χ1v) is 9.74. The van der Waals surface area contributed by atoms with E-state index in [1.165, 1.54) is 0 Å². The highest BCUT2D eigenvalue weighted by molar-refractivity contribution is 14.0. The Hall–Kier alpha value is -1.55. The van der Waals surface area contributed by atoms with Crippen molar-refractivity contribution < 1.29 is 9.47 Å². The Morgan fingerprint density at radius 3 is 2.50 bits per heavy atom. The molecule has 0 bridgehead atoms. The Balaban J connectivity index is 0.00000392. The SMILES string of the molecule is CN=C(NCc1nc(C(C)(C)C)cs1)N(C)Cc1ccc(OC)cc1OC.I. The summed E-state index contributed by atoms with van der Waals surface area (Å²) in [6, 6.07) is 5.84. The highest BCUT2D eigenvalue weighted by atomic mass is 127. The molecule has 2 rings (SSSR count). The van der Waals surface area contributed by atoms with Crippen LogP contribution in [0.4, 0.5) is 0 Å². The number of benzene rings is 1. The first kappa shape index (κ1) is 24.5. The molecule has 0 aliphatic rings. The fourth-order valence-electron chi connectivity index (χ4n) is 2.59. The van der Waals surface area contributed by atoms with Gasteiger partial charge in [-0.25, -0.2) is 4.98 Å². The monoisotopic (exact) mass is 518 g/mol. The van der Waals surface area contributed by atoms with E-state index in [1.54, 1.807) is 32.6 Å². The van der Waals surface area contributed by atoms with Crippen molar-refractivity contribution >= 4 is 41.3 Å². The molecule has 6 nitrogen and oxygen atoms in total. The van der Waals surface area contributed by atoms with E-state index in [9.17, 15) is 0 Å². The summed E-state index contributed by atoms with van der Waals surface area (Å²) in [5.74, 6) is 2.38. The minimum absolute atomic E-state index is 0. The molecule has 1 N–H and O–H groups in total. The lowest BCUT2D eigenvalue weighted by atomic mass is 9.93. The van der Waals surface area contributed by atoms with Crippen LogP contribution in [-0.2, 0) is 18.5 Å². The Kier molecular flexibility index (Phi) is 9.49. The van der Waals surface area contributed by atoms with Gasteiger partial charge in [-0.15, -0.1) is 35.3 Å². The zero-order chi connectivity index (χ0) is 20.0. The largest absolute Gasteiger partial charge is 0.497 e. The Bertz CT molecular complexity index is 787. The van der Waals surface area contributed by atoms with E-state index in [-0.39, 0.29) is 29.4 Å². The molecule has 0 fully saturated rings. The molecular weight excluding hydrogens is 487 g/mol. The number of hydrogen-bond acceptors (Lipinski definition) is 5. The predicted octanol–water partition coefficient (Wildman–Crippen LogP) is 4.28. The normalized spacial score (nSPS) is 11.6. The number of rotatable bonds is 6. The number of methoxy groups -OCH3 is 2. The molecule has 1 aromatic heterocycles. The third-order valence-electron chi connectivity index (χ3n) is 4.19. The quantitative estimate of drug-likeness (QED) is 0.352. The summed E-state index contributed by atoms with van der Waals surface area (Å²) in [4.78, 5) is 11.2. The van der Waals surface area contributed by atoms with E-state index in [2.05, 4.69) is 41.4 Å². The second-order valence-corrected chi connectivity index (χ2v) is 8.25. The molecule has 0 radical (unpaired) electrons. The van der Waals surface area contributed by atoms with Gasteiger partial charge < -0.3 is 19.7 Å². The van der Waals surface area contributed by atoms with E-state index in [1.807, 2.05) is 25.2 Å². The zero-order valence-electron chi connectivity index (χ0n) is 17.7. The van der Waals surface area contributed by atoms with Crippen LogP contribution < -0.4 is 14.8 Å². The second-order valence-electron chi connectivity index (χ2n) is 7.31. The van der Waals surface area contributed by atoms with Crippen LogP contribution in [0.3, 0.4) is 0 Å². The van der Waals surface area contributed by atoms with Crippen LogP contribution in [0.25, 0.3) is 0 Å². The van der Waals surface area contributed by atoms with Gasteiger partial charge >= 0.3 is 0 Å². The fraction of sp³-hybridized carbons (Fsp3) is 0.500. The van der Waals surface area contributed by atoms with E-state index >= 15 is 0 Å². The molecule has 1 heterocycles. The smallest absolute Gasteiger partial charge is 0.194 e. The molecule has 0 saturated heterocycles. The predicted molar refractivity (Wildman–Crippen MR) is 127 cm³/mol. The average Bonchev–Trinajstić information content (AvgIpc) is 3.12. The maximum atomic E-state index is 5.49. The summed E-state index contributed by atoms with van der Waals surface area (Å²) in [6.45, 7) is 7.84. The molecule has 0 aliphatic carbocycles. The highest BCUT2D eigenvalue weighted by Gasteiger charge is 2.18. The number of hydrogen-bond donors (Lipinski definition) is 1. The van der Waals surface area contributed by atoms with Gasteiger partial charge in [-0.3, -0.25) is 4.99 Å². The first-order valence-electron chi connectivity index (χ1n) is 8.86. The summed E-state index contributed by atoms with van der Waals surface area (Å²) >= 11 is 1.67. The molecule has 28 heavy (non-hydrogen) atoms. The molecule has 0 aliphatic heterocycles. The van der Waals surface area contributed by atoms with Crippen molar-refractivity contribution in [3.63, 3.8) is 0 Å². The molecule has 0 unspecified atom stereocenters. The van der Waals surface area contributed by atoms with Crippen molar-refractivity contribution in [3.05, 3.63) is 39.8 Å². The third-order valence-corrected chi connectivity index (χ3v) is 5.04. The summed E-state index contributed by atoms with van der Waals surface area (Å²) in [6.07, 6.45) is 0. The lowest BCUT2D eigenvalue weighted by molar-refractivity contribution is 0.382. The van der Waals surface area contributed by atoms with Crippen LogP contribution >= 0.6 is 35.3 Å². The molecule has 2 aromatic rings. The highest BCUT2D eigenvalue weighted by Crippen LogP contribution is 2.26. The molecule has 0 saturated carbocycles. The summed E-state index contributed by atoms with van der Waals surface area (Å²) in [7, 11) is 7.10. The van der Waals surface area contributed by atoms with Crippen molar-refractivity contribution in [1.29, 1.82) is 0 Å². The van der Waals surface area contributed by atoms with Crippen molar-refractivity contribution in [2.45, 2.75) is 39.3 Å². The molecule has 8 heteroatoms. The van der Waals surface area contributed by atoms with Crippen LogP contribution in [0, 0.1) is 0 Å². The van der Waals surface area contributed by atoms with Gasteiger partial charge in [0.25, 0.3) is 0 Å². The van der Waals surface area contributed by atoms with E-state index < -0.39 is 0 Å². The van der Waals surface area contributed by atoms with Crippen molar-refractivity contribution in [2.75, 3.05) is 28.3 Å². The summed E-state index contributed by atoms with van der Waals surface area (Å²) in [5.41, 5.74) is 2.25. The first-order chi connectivity index (χ1) is 12.8. The fourth-order valence-corrected chi connectivity index (χ4v) is 3.55. The van der Waals surface area contributed by atoms with Crippen molar-refractivity contribution in [2.24, 2.45) is 4.99 Å². The lowest BCUT2D eigenvalue weighted by Gasteiger charge is -2.23. The Morgan fingerprint density at radius 2 is 1.96 bits per heavy atom. The minimum atomic E-state index is 0. The number of halogens is 1. The topological polar surface area (TPSA) is 59.0 Å². The molecule has 1 aromatic carbocycles. The molecule has 156 valence electrons. The van der Waals surface area contributed by atoms with Crippen LogP contribution in [-0.4, -0.2) is 44.2 Å².